The number of furan rings is 1. The second-order valence-electron chi connectivity index (χ2n) is 4.97. The van der Waals surface area contributed by atoms with Gasteiger partial charge in [0.25, 0.3) is 10.0 Å². The summed E-state index contributed by atoms with van der Waals surface area (Å²) in [6, 6.07) is 14.8. The molecule has 0 bridgehead atoms. The molecule has 0 unspecified atom stereocenters. The summed E-state index contributed by atoms with van der Waals surface area (Å²) in [5.41, 5.74) is 3.69. The van der Waals surface area contributed by atoms with Gasteiger partial charge in [-0.3, -0.25) is 10.2 Å². The van der Waals surface area contributed by atoms with Crippen LogP contribution in [0.15, 0.2) is 63.9 Å². The first-order valence-corrected chi connectivity index (χ1v) is 8.32. The summed E-state index contributed by atoms with van der Waals surface area (Å²) in [7, 11) is -3.83. The molecule has 1 heterocycles. The number of nitrogens with one attached hydrogen (secondary N) is 2. The zero-order valence-electron chi connectivity index (χ0n) is 12.2. The first kappa shape index (κ1) is 15.3. The van der Waals surface area contributed by atoms with Gasteiger partial charge in [-0.05, 0) is 36.8 Å². The minimum Gasteiger partial charge on any atom is -0.451 e. The fourth-order valence-corrected chi connectivity index (χ4v) is 3.01. The SMILES string of the molecule is Cc1cccc2oc(C(=O)NNS(=O)(=O)c3ccccc3)cc12. The molecular formula is C16H14N2O4S. The molecule has 2 aromatic carbocycles. The Kier molecular flexibility index (Phi) is 3.89. The zero-order chi connectivity index (χ0) is 16.4. The van der Waals surface area contributed by atoms with Crippen LogP contribution in [-0.4, -0.2) is 14.3 Å². The lowest BCUT2D eigenvalue weighted by Gasteiger charge is -2.06. The molecule has 0 aliphatic rings. The maximum atomic E-state index is 12.1. The molecule has 0 aliphatic heterocycles. The predicted octanol–water partition coefficient (Wildman–Crippen LogP) is 2.36. The molecule has 2 N–H and O–H groups in total. The van der Waals surface area contributed by atoms with Gasteiger partial charge in [0.15, 0.2) is 5.76 Å². The molecule has 1 aromatic heterocycles. The Labute approximate surface area is 133 Å². The van der Waals surface area contributed by atoms with Gasteiger partial charge < -0.3 is 4.42 Å². The number of fused-ring (bicyclic) bond motifs is 1. The molecule has 6 nitrogen and oxygen atoms in total. The number of hydrazine groups is 1. The van der Waals surface area contributed by atoms with E-state index in [0.717, 1.165) is 10.9 Å². The standard InChI is InChI=1S/C16H14N2O4S/c1-11-6-5-9-14-13(11)10-15(22-14)16(19)17-18-23(20,21)12-7-3-2-4-8-12/h2-10,18H,1H3,(H,17,19). The number of rotatable bonds is 4. The first-order valence-electron chi connectivity index (χ1n) is 6.84. The molecule has 3 rings (SSSR count). The fraction of sp³-hybridized carbons (Fsp3) is 0.0625. The second kappa shape index (κ2) is 5.86. The number of aryl methyl sites for hydroxylation is 1. The molecular weight excluding hydrogens is 316 g/mol. The molecule has 0 saturated heterocycles. The number of carbonyl (C=O) groups excluding carboxylic acids is 1. The molecule has 0 spiro atoms. The van der Waals surface area contributed by atoms with Gasteiger partial charge in [0, 0.05) is 5.39 Å². The van der Waals surface area contributed by atoms with Crippen LogP contribution < -0.4 is 10.3 Å². The van der Waals surface area contributed by atoms with Crippen molar-refractivity contribution >= 4 is 26.9 Å². The Hall–Kier alpha value is -2.64. The van der Waals surface area contributed by atoms with Crippen molar-refractivity contribution in [3.8, 4) is 0 Å². The first-order chi connectivity index (χ1) is 11.0. The number of benzene rings is 2. The average molecular weight is 330 g/mol. The van der Waals surface area contributed by atoms with Crippen molar-refractivity contribution in [1.29, 1.82) is 0 Å². The topological polar surface area (TPSA) is 88.4 Å². The van der Waals surface area contributed by atoms with Gasteiger partial charge in [-0.2, -0.15) is 0 Å². The van der Waals surface area contributed by atoms with E-state index in [0.29, 0.717) is 5.58 Å². The molecule has 3 aromatic rings. The van der Waals surface area contributed by atoms with E-state index < -0.39 is 15.9 Å². The molecule has 23 heavy (non-hydrogen) atoms. The third-order valence-corrected chi connectivity index (χ3v) is 4.62. The molecule has 1 amide bonds. The predicted molar refractivity (Wildman–Crippen MR) is 85.2 cm³/mol. The van der Waals surface area contributed by atoms with Gasteiger partial charge in [0.05, 0.1) is 4.90 Å². The summed E-state index contributed by atoms with van der Waals surface area (Å²) in [4.78, 5) is 14.2. The van der Waals surface area contributed by atoms with Gasteiger partial charge in [0.2, 0.25) is 0 Å². The Balaban J connectivity index is 1.78. The largest absolute Gasteiger partial charge is 0.451 e. The van der Waals surface area contributed by atoms with E-state index in [2.05, 4.69) is 5.43 Å². The van der Waals surface area contributed by atoms with Crippen LogP contribution in [-0.2, 0) is 10.0 Å². The number of amides is 1. The fourth-order valence-electron chi connectivity index (χ4n) is 2.15. The summed E-state index contributed by atoms with van der Waals surface area (Å²) in [5.74, 6) is -0.634. The van der Waals surface area contributed by atoms with E-state index in [1.807, 2.05) is 23.9 Å². The average Bonchev–Trinajstić information content (AvgIpc) is 2.99. The lowest BCUT2D eigenvalue weighted by molar-refractivity contribution is 0.0919. The van der Waals surface area contributed by atoms with E-state index >= 15 is 0 Å². The van der Waals surface area contributed by atoms with Crippen molar-refractivity contribution in [2.45, 2.75) is 11.8 Å². The van der Waals surface area contributed by atoms with Crippen molar-refractivity contribution in [2.24, 2.45) is 0 Å². The van der Waals surface area contributed by atoms with E-state index in [1.54, 1.807) is 30.3 Å². The van der Waals surface area contributed by atoms with Crippen molar-refractivity contribution in [2.75, 3.05) is 0 Å². The quantitative estimate of drug-likeness (QED) is 0.719. The highest BCUT2D eigenvalue weighted by atomic mass is 32.2. The second-order valence-corrected chi connectivity index (χ2v) is 6.65. The van der Waals surface area contributed by atoms with Crippen LogP contribution in [0.25, 0.3) is 11.0 Å². The van der Waals surface area contributed by atoms with Crippen LogP contribution in [0.1, 0.15) is 16.1 Å². The van der Waals surface area contributed by atoms with Crippen LogP contribution in [0.3, 0.4) is 0 Å². The highest BCUT2D eigenvalue weighted by Crippen LogP contribution is 2.22. The molecule has 118 valence electrons. The van der Waals surface area contributed by atoms with Crippen molar-refractivity contribution < 1.29 is 17.6 Å². The monoisotopic (exact) mass is 330 g/mol. The van der Waals surface area contributed by atoms with Gasteiger partial charge in [-0.15, -0.1) is 4.83 Å². The molecule has 0 radical (unpaired) electrons. The Morgan fingerprint density at radius 3 is 2.48 bits per heavy atom. The summed E-state index contributed by atoms with van der Waals surface area (Å²) < 4.78 is 29.5. The van der Waals surface area contributed by atoms with Crippen molar-refractivity contribution in [3.63, 3.8) is 0 Å². The summed E-state index contributed by atoms with van der Waals surface area (Å²) in [6.45, 7) is 1.90. The van der Waals surface area contributed by atoms with Crippen LogP contribution >= 0.6 is 0 Å². The Morgan fingerprint density at radius 2 is 1.78 bits per heavy atom. The Bertz CT molecular complexity index is 962. The van der Waals surface area contributed by atoms with Crippen LogP contribution in [0, 0.1) is 6.92 Å². The molecule has 0 atom stereocenters. The van der Waals surface area contributed by atoms with Gasteiger partial charge >= 0.3 is 5.91 Å². The van der Waals surface area contributed by atoms with Gasteiger partial charge in [0.1, 0.15) is 5.58 Å². The molecule has 0 saturated carbocycles. The van der Waals surface area contributed by atoms with Gasteiger partial charge in [-0.25, -0.2) is 8.42 Å². The van der Waals surface area contributed by atoms with E-state index in [1.165, 1.54) is 12.1 Å². The highest BCUT2D eigenvalue weighted by molar-refractivity contribution is 7.89. The molecule has 0 fully saturated rings. The summed E-state index contributed by atoms with van der Waals surface area (Å²) in [6.07, 6.45) is 0. The van der Waals surface area contributed by atoms with Crippen LogP contribution in [0.5, 0.6) is 0 Å². The number of carbonyl (C=O) groups is 1. The van der Waals surface area contributed by atoms with Crippen LogP contribution in [0.4, 0.5) is 0 Å². The maximum Gasteiger partial charge on any atom is 0.301 e. The Morgan fingerprint density at radius 1 is 1.04 bits per heavy atom. The van der Waals surface area contributed by atoms with Crippen molar-refractivity contribution in [3.05, 3.63) is 65.9 Å². The third kappa shape index (κ3) is 3.10. The third-order valence-electron chi connectivity index (χ3n) is 3.36. The van der Waals surface area contributed by atoms with Crippen LogP contribution in [0.2, 0.25) is 0 Å². The van der Waals surface area contributed by atoms with Gasteiger partial charge in [-0.1, -0.05) is 30.3 Å². The maximum absolute atomic E-state index is 12.1. The van der Waals surface area contributed by atoms with E-state index in [4.69, 9.17) is 4.42 Å². The summed E-state index contributed by atoms with van der Waals surface area (Å²) >= 11 is 0. The lowest BCUT2D eigenvalue weighted by atomic mass is 10.1. The summed E-state index contributed by atoms with van der Waals surface area (Å²) in [5, 5.41) is 0.809. The number of hydrogen-bond donors (Lipinski definition) is 2. The molecule has 7 heteroatoms. The minimum absolute atomic E-state index is 0.0325. The normalized spacial score (nSPS) is 11.5. The number of hydrogen-bond acceptors (Lipinski definition) is 4. The van der Waals surface area contributed by atoms with Crippen molar-refractivity contribution in [1.82, 2.24) is 10.3 Å². The minimum atomic E-state index is -3.83. The lowest BCUT2D eigenvalue weighted by Crippen LogP contribution is -2.41. The zero-order valence-corrected chi connectivity index (χ0v) is 13.1. The molecule has 0 aliphatic carbocycles. The highest BCUT2D eigenvalue weighted by Gasteiger charge is 2.17. The van der Waals surface area contributed by atoms with E-state index in [9.17, 15) is 13.2 Å². The smallest absolute Gasteiger partial charge is 0.301 e. The van der Waals surface area contributed by atoms with E-state index in [-0.39, 0.29) is 10.7 Å². The number of sulfonamides is 1.